The van der Waals surface area contributed by atoms with Crippen LogP contribution in [0.5, 0.6) is 0 Å². The molecule has 1 aliphatic carbocycles. The van der Waals surface area contributed by atoms with Crippen LogP contribution >= 0.6 is 15.9 Å². The Balaban J connectivity index is 2.08. The molecule has 2 nitrogen and oxygen atoms in total. The Morgan fingerprint density at radius 1 is 1.31 bits per heavy atom. The Labute approximate surface area is 105 Å². The summed E-state index contributed by atoms with van der Waals surface area (Å²) in [6, 6.07) is 4.08. The second kappa shape index (κ2) is 5.58. The monoisotopic (exact) mass is 281 g/mol. The van der Waals surface area contributed by atoms with Gasteiger partial charge in [-0.15, -0.1) is 0 Å². The molecule has 1 aromatic heterocycles. The molecule has 1 heterocycles. The molecule has 0 bridgehead atoms. The molecular formula is C13H16BrNO. The average molecular weight is 282 g/mol. The smallest absolute Gasteiger partial charge is 0.139 e. The van der Waals surface area contributed by atoms with Crippen molar-refractivity contribution in [2.75, 3.05) is 0 Å². The maximum atomic E-state index is 10.6. The van der Waals surface area contributed by atoms with Crippen LogP contribution in [0.3, 0.4) is 0 Å². The maximum Gasteiger partial charge on any atom is 0.139 e. The summed E-state index contributed by atoms with van der Waals surface area (Å²) in [5.74, 6) is 0.681. The van der Waals surface area contributed by atoms with Crippen molar-refractivity contribution in [3.05, 3.63) is 29.6 Å². The number of alkyl halides is 1. The lowest BCUT2D eigenvalue weighted by atomic mass is 9.85. The quantitative estimate of drug-likeness (QED) is 0.624. The Morgan fingerprint density at radius 2 is 2.06 bits per heavy atom. The van der Waals surface area contributed by atoms with Gasteiger partial charge in [0.2, 0.25) is 0 Å². The summed E-state index contributed by atoms with van der Waals surface area (Å²) < 4.78 is 0. The number of rotatable bonds is 3. The van der Waals surface area contributed by atoms with Crippen LogP contribution in [0.15, 0.2) is 18.3 Å². The minimum Gasteiger partial charge on any atom is -0.302 e. The van der Waals surface area contributed by atoms with Crippen molar-refractivity contribution in [3.63, 3.8) is 0 Å². The van der Waals surface area contributed by atoms with E-state index in [0.29, 0.717) is 5.92 Å². The van der Waals surface area contributed by atoms with Crippen molar-refractivity contribution in [1.29, 1.82) is 0 Å². The number of pyridine rings is 1. The first kappa shape index (κ1) is 11.8. The van der Waals surface area contributed by atoms with E-state index in [1.54, 1.807) is 0 Å². The first-order valence-electron chi connectivity index (χ1n) is 5.86. The van der Waals surface area contributed by atoms with Gasteiger partial charge in [-0.3, -0.25) is 4.98 Å². The zero-order chi connectivity index (χ0) is 11.4. The summed E-state index contributed by atoms with van der Waals surface area (Å²) in [4.78, 5) is 14.7. The van der Waals surface area contributed by atoms with Gasteiger partial charge in [0.25, 0.3) is 0 Å². The summed E-state index contributed by atoms with van der Waals surface area (Å²) in [6.07, 6.45) is 9.41. The molecule has 0 aliphatic heterocycles. The van der Waals surface area contributed by atoms with E-state index in [-0.39, 0.29) is 4.83 Å². The number of carbonyl (C=O) groups excluding carboxylic acids is 1. The topological polar surface area (TPSA) is 30.0 Å². The Bertz CT molecular complexity index is 343. The van der Waals surface area contributed by atoms with Crippen molar-refractivity contribution in [3.8, 4) is 0 Å². The summed E-state index contributed by atoms with van der Waals surface area (Å²) in [7, 11) is 0. The number of halogens is 1. The summed E-state index contributed by atoms with van der Waals surface area (Å²) in [5, 5.41) is 0. The van der Waals surface area contributed by atoms with Crippen LogP contribution in [-0.4, -0.2) is 11.3 Å². The molecule has 1 atom stereocenters. The van der Waals surface area contributed by atoms with Crippen LogP contribution < -0.4 is 0 Å². The first-order valence-corrected chi connectivity index (χ1v) is 6.78. The van der Waals surface area contributed by atoms with E-state index >= 15 is 0 Å². The van der Waals surface area contributed by atoms with E-state index in [1.165, 1.54) is 37.7 Å². The summed E-state index contributed by atoms with van der Waals surface area (Å²) in [6.45, 7) is 0. The van der Waals surface area contributed by atoms with Gasteiger partial charge < -0.3 is 4.79 Å². The van der Waals surface area contributed by atoms with Crippen molar-refractivity contribution < 1.29 is 4.79 Å². The lowest BCUT2D eigenvalue weighted by molar-refractivity contribution is -0.107. The SMILES string of the molecule is O=CC(Br)c1ccc(C2CCCCC2)cn1. The highest BCUT2D eigenvalue weighted by Crippen LogP contribution is 2.32. The number of hydrogen-bond donors (Lipinski definition) is 0. The largest absolute Gasteiger partial charge is 0.302 e. The molecular weight excluding hydrogens is 266 g/mol. The van der Waals surface area contributed by atoms with Crippen LogP contribution in [0.4, 0.5) is 0 Å². The van der Waals surface area contributed by atoms with E-state index in [4.69, 9.17) is 0 Å². The van der Waals surface area contributed by atoms with Gasteiger partial charge in [0.1, 0.15) is 11.1 Å². The standard InChI is InChI=1S/C13H16BrNO/c14-12(9-16)13-7-6-11(8-15-13)10-4-2-1-3-5-10/h6-10,12H,1-5H2. The van der Waals surface area contributed by atoms with Gasteiger partial charge in [-0.2, -0.15) is 0 Å². The van der Waals surface area contributed by atoms with Crippen LogP contribution in [0.2, 0.25) is 0 Å². The van der Waals surface area contributed by atoms with Gasteiger partial charge in [-0.25, -0.2) is 0 Å². The minimum atomic E-state index is -0.270. The second-order valence-corrected chi connectivity index (χ2v) is 5.38. The molecule has 0 saturated heterocycles. The molecule has 1 unspecified atom stereocenters. The van der Waals surface area contributed by atoms with Gasteiger partial charge in [0, 0.05) is 6.20 Å². The van der Waals surface area contributed by atoms with Gasteiger partial charge >= 0.3 is 0 Å². The van der Waals surface area contributed by atoms with E-state index in [2.05, 4.69) is 27.0 Å². The third-order valence-corrected chi connectivity index (χ3v) is 3.97. The van der Waals surface area contributed by atoms with Gasteiger partial charge in [0.05, 0.1) is 5.69 Å². The molecule has 0 spiro atoms. The Kier molecular flexibility index (Phi) is 4.10. The molecule has 1 fully saturated rings. The highest BCUT2D eigenvalue weighted by Gasteiger charge is 2.16. The highest BCUT2D eigenvalue weighted by molar-refractivity contribution is 9.09. The van der Waals surface area contributed by atoms with Crippen LogP contribution in [0.1, 0.15) is 54.1 Å². The van der Waals surface area contributed by atoms with E-state index in [1.807, 2.05) is 12.3 Å². The predicted molar refractivity (Wildman–Crippen MR) is 67.8 cm³/mol. The van der Waals surface area contributed by atoms with E-state index < -0.39 is 0 Å². The van der Waals surface area contributed by atoms with Crippen LogP contribution in [-0.2, 0) is 4.79 Å². The van der Waals surface area contributed by atoms with Gasteiger partial charge in [-0.05, 0) is 30.4 Å². The fourth-order valence-electron chi connectivity index (χ4n) is 2.33. The molecule has 1 saturated carbocycles. The van der Waals surface area contributed by atoms with E-state index in [0.717, 1.165) is 12.0 Å². The Morgan fingerprint density at radius 3 is 2.62 bits per heavy atom. The number of aromatic nitrogens is 1. The van der Waals surface area contributed by atoms with Crippen molar-refractivity contribution in [2.24, 2.45) is 0 Å². The summed E-state index contributed by atoms with van der Waals surface area (Å²) >= 11 is 3.27. The second-order valence-electron chi connectivity index (χ2n) is 4.39. The molecule has 0 amide bonds. The number of hydrogen-bond acceptors (Lipinski definition) is 2. The molecule has 0 aromatic carbocycles. The molecule has 86 valence electrons. The molecule has 3 heteroatoms. The van der Waals surface area contributed by atoms with Crippen molar-refractivity contribution in [1.82, 2.24) is 4.98 Å². The number of carbonyl (C=O) groups is 1. The third-order valence-electron chi connectivity index (χ3n) is 3.29. The van der Waals surface area contributed by atoms with Crippen molar-refractivity contribution >= 4 is 22.2 Å². The molecule has 0 radical (unpaired) electrons. The number of nitrogens with zero attached hydrogens (tertiary/aromatic N) is 1. The third kappa shape index (κ3) is 2.70. The number of aldehydes is 1. The highest BCUT2D eigenvalue weighted by atomic mass is 79.9. The summed E-state index contributed by atoms with van der Waals surface area (Å²) in [5.41, 5.74) is 2.13. The zero-order valence-corrected chi connectivity index (χ0v) is 10.8. The predicted octanol–water partition coefficient (Wildman–Crippen LogP) is 3.76. The first-order chi connectivity index (χ1) is 7.81. The van der Waals surface area contributed by atoms with Crippen LogP contribution in [0, 0.1) is 0 Å². The minimum absolute atomic E-state index is 0.270. The average Bonchev–Trinajstić information content (AvgIpc) is 2.39. The van der Waals surface area contributed by atoms with E-state index in [9.17, 15) is 4.79 Å². The lowest BCUT2D eigenvalue weighted by Crippen LogP contribution is -2.05. The molecule has 2 rings (SSSR count). The van der Waals surface area contributed by atoms with Crippen LogP contribution in [0.25, 0.3) is 0 Å². The van der Waals surface area contributed by atoms with Crippen molar-refractivity contribution in [2.45, 2.75) is 42.8 Å². The fourth-order valence-corrected chi connectivity index (χ4v) is 2.60. The molecule has 1 aromatic rings. The molecule has 0 N–H and O–H groups in total. The fraction of sp³-hybridized carbons (Fsp3) is 0.538. The Hall–Kier alpha value is -0.700. The normalized spacial score (nSPS) is 19.3. The van der Waals surface area contributed by atoms with Gasteiger partial charge in [-0.1, -0.05) is 41.3 Å². The zero-order valence-electron chi connectivity index (χ0n) is 9.23. The van der Waals surface area contributed by atoms with Gasteiger partial charge in [0.15, 0.2) is 0 Å². The maximum absolute atomic E-state index is 10.6. The molecule has 16 heavy (non-hydrogen) atoms. The molecule has 1 aliphatic rings. The lowest BCUT2D eigenvalue weighted by Gasteiger charge is -2.21.